The van der Waals surface area contributed by atoms with Crippen LogP contribution in [0.3, 0.4) is 0 Å². The molecular weight excluding hydrogens is 254 g/mol. The molecule has 1 amide bonds. The second-order valence-corrected chi connectivity index (χ2v) is 3.86. The van der Waals surface area contributed by atoms with Gasteiger partial charge in [0.05, 0.1) is 17.8 Å². The number of pyridine rings is 2. The molecular formula is C15H13N3O2. The largest absolute Gasteiger partial charge is 0.384 e. The van der Waals surface area contributed by atoms with Crippen LogP contribution in [0.2, 0.25) is 0 Å². The van der Waals surface area contributed by atoms with Gasteiger partial charge in [-0.3, -0.25) is 9.78 Å². The lowest BCUT2D eigenvalue weighted by molar-refractivity contribution is 0.0945. The summed E-state index contributed by atoms with van der Waals surface area (Å²) in [6.07, 6.45) is 3.19. The van der Waals surface area contributed by atoms with Crippen molar-refractivity contribution in [3.63, 3.8) is 0 Å². The third-order valence-corrected chi connectivity index (χ3v) is 2.48. The minimum absolute atomic E-state index is 0.240. The summed E-state index contributed by atoms with van der Waals surface area (Å²) >= 11 is 0. The zero-order valence-corrected chi connectivity index (χ0v) is 10.7. The second kappa shape index (κ2) is 7.02. The monoisotopic (exact) mass is 267 g/mol. The molecule has 0 aliphatic heterocycles. The lowest BCUT2D eigenvalue weighted by atomic mass is 10.2. The van der Waals surface area contributed by atoms with E-state index < -0.39 is 0 Å². The van der Waals surface area contributed by atoms with Crippen LogP contribution < -0.4 is 5.32 Å². The van der Waals surface area contributed by atoms with Crippen molar-refractivity contribution >= 4 is 5.91 Å². The molecule has 5 heteroatoms. The van der Waals surface area contributed by atoms with E-state index in [0.29, 0.717) is 12.1 Å². The quantitative estimate of drug-likeness (QED) is 0.805. The molecule has 5 nitrogen and oxygen atoms in total. The normalized spacial score (nSPS) is 9.45. The van der Waals surface area contributed by atoms with Gasteiger partial charge < -0.3 is 10.4 Å². The number of aliphatic hydroxyl groups excluding tert-OH is 1. The van der Waals surface area contributed by atoms with Crippen molar-refractivity contribution in [3.8, 4) is 11.8 Å². The summed E-state index contributed by atoms with van der Waals surface area (Å²) in [5.74, 6) is 4.89. The molecule has 2 heterocycles. The van der Waals surface area contributed by atoms with Crippen molar-refractivity contribution in [2.45, 2.75) is 6.54 Å². The van der Waals surface area contributed by atoms with E-state index in [9.17, 15) is 4.79 Å². The second-order valence-electron chi connectivity index (χ2n) is 3.86. The van der Waals surface area contributed by atoms with Crippen molar-refractivity contribution in [3.05, 3.63) is 59.7 Å². The zero-order chi connectivity index (χ0) is 14.2. The number of carbonyl (C=O) groups excluding carboxylic acids is 1. The van der Waals surface area contributed by atoms with E-state index in [-0.39, 0.29) is 18.2 Å². The third-order valence-electron chi connectivity index (χ3n) is 2.48. The van der Waals surface area contributed by atoms with Gasteiger partial charge in [-0.15, -0.1) is 0 Å². The minimum Gasteiger partial charge on any atom is -0.384 e. The molecule has 20 heavy (non-hydrogen) atoms. The summed E-state index contributed by atoms with van der Waals surface area (Å²) in [7, 11) is 0. The standard InChI is InChI=1S/C15H13N3O2/c19-10-4-6-12-5-3-9-17-14(12)15(20)18-11-13-7-1-2-8-16-13/h1-3,5,7-9,19H,10-11H2,(H,18,20). The van der Waals surface area contributed by atoms with Gasteiger partial charge in [-0.2, -0.15) is 0 Å². The Hall–Kier alpha value is -2.71. The lowest BCUT2D eigenvalue weighted by Crippen LogP contribution is -2.25. The summed E-state index contributed by atoms with van der Waals surface area (Å²) in [6.45, 7) is 0.0625. The lowest BCUT2D eigenvalue weighted by Gasteiger charge is -2.05. The number of aliphatic hydroxyl groups is 1. The first kappa shape index (κ1) is 13.7. The Morgan fingerprint density at radius 3 is 2.80 bits per heavy atom. The Kier molecular flexibility index (Phi) is 4.81. The number of amides is 1. The van der Waals surface area contributed by atoms with Gasteiger partial charge >= 0.3 is 0 Å². The van der Waals surface area contributed by atoms with Crippen LogP contribution in [0.1, 0.15) is 21.7 Å². The molecule has 0 bridgehead atoms. The van der Waals surface area contributed by atoms with Gasteiger partial charge in [0.2, 0.25) is 0 Å². The van der Waals surface area contributed by atoms with Gasteiger partial charge in [0.1, 0.15) is 12.3 Å². The molecule has 100 valence electrons. The highest BCUT2D eigenvalue weighted by atomic mass is 16.2. The third kappa shape index (κ3) is 3.64. The molecule has 0 aliphatic carbocycles. The van der Waals surface area contributed by atoms with Crippen LogP contribution in [0, 0.1) is 11.8 Å². The number of hydrogen-bond acceptors (Lipinski definition) is 4. The van der Waals surface area contributed by atoms with Crippen LogP contribution in [0.15, 0.2) is 42.7 Å². The molecule has 0 spiro atoms. The summed E-state index contributed by atoms with van der Waals surface area (Å²) in [4.78, 5) is 20.2. The highest BCUT2D eigenvalue weighted by Gasteiger charge is 2.11. The van der Waals surface area contributed by atoms with Gasteiger partial charge in [-0.25, -0.2) is 4.98 Å². The molecule has 2 N–H and O–H groups in total. The van der Waals surface area contributed by atoms with Gasteiger partial charge in [0.15, 0.2) is 0 Å². The summed E-state index contributed by atoms with van der Waals surface area (Å²) in [5.41, 5.74) is 1.49. The Bertz CT molecular complexity index is 645. The van der Waals surface area contributed by atoms with Gasteiger partial charge in [0, 0.05) is 12.4 Å². The highest BCUT2D eigenvalue weighted by Crippen LogP contribution is 2.04. The van der Waals surface area contributed by atoms with Crippen molar-refractivity contribution < 1.29 is 9.90 Å². The molecule has 0 radical (unpaired) electrons. The van der Waals surface area contributed by atoms with E-state index in [4.69, 9.17) is 5.11 Å². The predicted molar refractivity (Wildman–Crippen MR) is 73.6 cm³/mol. The van der Waals surface area contributed by atoms with E-state index in [1.54, 1.807) is 18.3 Å². The Morgan fingerprint density at radius 2 is 2.05 bits per heavy atom. The predicted octanol–water partition coefficient (Wildman–Crippen LogP) is 0.750. The fourth-order valence-corrected chi connectivity index (χ4v) is 1.58. The molecule has 2 rings (SSSR count). The van der Waals surface area contributed by atoms with Gasteiger partial charge in [0.25, 0.3) is 5.91 Å². The average Bonchev–Trinajstić information content (AvgIpc) is 2.52. The molecule has 0 atom stereocenters. The molecule has 0 saturated carbocycles. The summed E-state index contributed by atoms with van der Waals surface area (Å²) in [6, 6.07) is 8.87. The SMILES string of the molecule is O=C(NCc1ccccn1)c1ncccc1C#CCO. The topological polar surface area (TPSA) is 75.1 Å². The Morgan fingerprint density at radius 1 is 1.20 bits per heavy atom. The van der Waals surface area contributed by atoms with E-state index in [2.05, 4.69) is 27.1 Å². The number of nitrogens with zero attached hydrogens (tertiary/aromatic N) is 2. The molecule has 0 aliphatic rings. The smallest absolute Gasteiger partial charge is 0.271 e. The molecule has 0 unspecified atom stereocenters. The number of nitrogens with one attached hydrogen (secondary N) is 1. The van der Waals surface area contributed by atoms with Crippen LogP contribution in [-0.2, 0) is 6.54 Å². The van der Waals surface area contributed by atoms with Crippen molar-refractivity contribution in [2.75, 3.05) is 6.61 Å². The first-order chi connectivity index (χ1) is 9.81. The first-order valence-electron chi connectivity index (χ1n) is 6.04. The van der Waals surface area contributed by atoms with Crippen molar-refractivity contribution in [1.82, 2.24) is 15.3 Å². The fraction of sp³-hybridized carbons (Fsp3) is 0.133. The molecule has 0 saturated heterocycles. The molecule has 0 fully saturated rings. The maximum absolute atomic E-state index is 12.1. The minimum atomic E-state index is -0.321. The first-order valence-corrected chi connectivity index (χ1v) is 6.04. The average molecular weight is 267 g/mol. The van der Waals surface area contributed by atoms with Crippen LogP contribution in [-0.4, -0.2) is 27.6 Å². The Balaban J connectivity index is 2.09. The maximum Gasteiger partial charge on any atom is 0.271 e. The molecule has 2 aromatic rings. The molecule has 0 aromatic carbocycles. The van der Waals surface area contributed by atoms with E-state index >= 15 is 0 Å². The number of rotatable bonds is 3. The Labute approximate surface area is 116 Å². The van der Waals surface area contributed by atoms with Crippen LogP contribution in [0.5, 0.6) is 0 Å². The fourth-order valence-electron chi connectivity index (χ4n) is 1.58. The molecule has 2 aromatic heterocycles. The van der Waals surface area contributed by atoms with Gasteiger partial charge in [-0.1, -0.05) is 17.9 Å². The van der Waals surface area contributed by atoms with Gasteiger partial charge in [-0.05, 0) is 24.3 Å². The van der Waals surface area contributed by atoms with Crippen LogP contribution in [0.25, 0.3) is 0 Å². The van der Waals surface area contributed by atoms with E-state index in [0.717, 1.165) is 5.69 Å². The zero-order valence-electron chi connectivity index (χ0n) is 10.7. The number of carbonyl (C=O) groups is 1. The van der Waals surface area contributed by atoms with Crippen LogP contribution in [0.4, 0.5) is 0 Å². The highest BCUT2D eigenvalue weighted by molar-refractivity contribution is 5.94. The maximum atomic E-state index is 12.1. The summed E-state index contributed by atoms with van der Waals surface area (Å²) in [5, 5.41) is 11.4. The van der Waals surface area contributed by atoms with E-state index in [1.165, 1.54) is 6.20 Å². The van der Waals surface area contributed by atoms with Crippen molar-refractivity contribution in [2.24, 2.45) is 0 Å². The summed E-state index contributed by atoms with van der Waals surface area (Å²) < 4.78 is 0. The van der Waals surface area contributed by atoms with Crippen LogP contribution >= 0.6 is 0 Å². The number of hydrogen-bond donors (Lipinski definition) is 2. The van der Waals surface area contributed by atoms with E-state index in [1.807, 2.05) is 18.2 Å². The van der Waals surface area contributed by atoms with Crippen molar-refractivity contribution in [1.29, 1.82) is 0 Å². The number of aromatic nitrogens is 2.